The van der Waals surface area contributed by atoms with Gasteiger partial charge in [0, 0.05) is 23.4 Å². The van der Waals surface area contributed by atoms with Crippen LogP contribution in [0.25, 0.3) is 0 Å². The van der Waals surface area contributed by atoms with Gasteiger partial charge in [-0.1, -0.05) is 11.6 Å². The van der Waals surface area contributed by atoms with Gasteiger partial charge in [0.05, 0.1) is 19.2 Å². The summed E-state index contributed by atoms with van der Waals surface area (Å²) in [4.78, 5) is 25.5. The number of fused-ring (bicyclic) bond motifs is 1. The Morgan fingerprint density at radius 3 is 2.75 bits per heavy atom. The van der Waals surface area contributed by atoms with Crippen LogP contribution in [0.4, 0.5) is 21.9 Å². The molecule has 2 N–H and O–H groups in total. The Balaban J connectivity index is 1.73. The number of benzene rings is 2. The molecule has 1 heterocycles. The molecule has 3 amide bonds. The molecule has 124 valence electrons. The molecule has 0 aromatic heterocycles. The number of hydrogen-bond acceptors (Lipinski definition) is 3. The van der Waals surface area contributed by atoms with E-state index < -0.39 is 6.03 Å². The lowest BCUT2D eigenvalue weighted by Crippen LogP contribution is -2.20. The van der Waals surface area contributed by atoms with Crippen LogP contribution < -0.4 is 20.3 Å². The average Bonchev–Trinajstić information content (AvgIpc) is 2.81. The SMILES string of the molecule is COc1ccc(Cl)cc1NC(=O)Nc1ccc2c(c1)CC(=O)N2C. The standard InChI is InChI=1S/C17H16ClN3O3/c1-21-14-5-4-12(7-10(14)8-16(21)22)19-17(23)20-13-9-11(18)3-6-15(13)24-2/h3-7,9H,8H2,1-2H3,(H2,19,20,23). The topological polar surface area (TPSA) is 70.7 Å². The van der Waals surface area contributed by atoms with Gasteiger partial charge in [-0.2, -0.15) is 0 Å². The van der Waals surface area contributed by atoms with E-state index in [0.29, 0.717) is 28.6 Å². The summed E-state index contributed by atoms with van der Waals surface area (Å²) < 4.78 is 5.19. The second kappa shape index (κ2) is 6.41. The third-order valence-corrected chi connectivity index (χ3v) is 4.06. The summed E-state index contributed by atoms with van der Waals surface area (Å²) in [5, 5.41) is 5.93. The second-order valence-electron chi connectivity index (χ2n) is 5.40. The molecule has 0 saturated heterocycles. The van der Waals surface area contributed by atoms with E-state index in [1.54, 1.807) is 42.3 Å². The molecule has 0 atom stereocenters. The Labute approximate surface area is 144 Å². The normalized spacial score (nSPS) is 12.8. The number of nitrogens with zero attached hydrogens (tertiary/aromatic N) is 1. The molecule has 7 heteroatoms. The van der Waals surface area contributed by atoms with E-state index in [-0.39, 0.29) is 5.91 Å². The van der Waals surface area contributed by atoms with Gasteiger partial charge in [-0.25, -0.2) is 4.79 Å². The van der Waals surface area contributed by atoms with Gasteiger partial charge in [0.25, 0.3) is 0 Å². The monoisotopic (exact) mass is 345 g/mol. The summed E-state index contributed by atoms with van der Waals surface area (Å²) in [5.41, 5.74) is 2.83. The van der Waals surface area contributed by atoms with E-state index in [9.17, 15) is 9.59 Å². The van der Waals surface area contributed by atoms with Crippen LogP contribution in [-0.4, -0.2) is 26.1 Å². The molecular weight excluding hydrogens is 330 g/mol. The highest BCUT2D eigenvalue weighted by molar-refractivity contribution is 6.31. The smallest absolute Gasteiger partial charge is 0.323 e. The average molecular weight is 346 g/mol. The highest BCUT2D eigenvalue weighted by atomic mass is 35.5. The largest absolute Gasteiger partial charge is 0.495 e. The molecule has 24 heavy (non-hydrogen) atoms. The first-order valence-corrected chi connectivity index (χ1v) is 7.67. The Morgan fingerprint density at radius 2 is 2.00 bits per heavy atom. The Morgan fingerprint density at radius 1 is 1.21 bits per heavy atom. The number of carbonyl (C=O) groups excluding carboxylic acids is 2. The summed E-state index contributed by atoms with van der Waals surface area (Å²) in [6.45, 7) is 0. The van der Waals surface area contributed by atoms with E-state index in [4.69, 9.17) is 16.3 Å². The predicted molar refractivity (Wildman–Crippen MR) is 94.2 cm³/mol. The first-order chi connectivity index (χ1) is 11.5. The lowest BCUT2D eigenvalue weighted by molar-refractivity contribution is -0.117. The summed E-state index contributed by atoms with van der Waals surface area (Å²) in [7, 11) is 3.25. The van der Waals surface area contributed by atoms with Crippen molar-refractivity contribution in [2.24, 2.45) is 0 Å². The lowest BCUT2D eigenvalue weighted by Gasteiger charge is -2.13. The first kappa shape index (κ1) is 16.1. The minimum Gasteiger partial charge on any atom is -0.495 e. The van der Waals surface area contributed by atoms with Crippen LogP contribution in [0.2, 0.25) is 5.02 Å². The van der Waals surface area contributed by atoms with Crippen molar-refractivity contribution in [3.8, 4) is 5.75 Å². The van der Waals surface area contributed by atoms with Crippen molar-refractivity contribution in [1.82, 2.24) is 0 Å². The third kappa shape index (κ3) is 3.14. The Kier molecular flexibility index (Phi) is 4.31. The molecule has 0 saturated carbocycles. The number of urea groups is 1. The lowest BCUT2D eigenvalue weighted by atomic mass is 10.1. The van der Waals surface area contributed by atoms with E-state index in [0.717, 1.165) is 11.3 Å². The fourth-order valence-corrected chi connectivity index (χ4v) is 2.78. The molecule has 0 spiro atoms. The summed E-state index contributed by atoms with van der Waals surface area (Å²) in [5.74, 6) is 0.547. The number of ether oxygens (including phenoxy) is 1. The molecule has 0 fully saturated rings. The number of carbonyl (C=O) groups is 2. The maximum Gasteiger partial charge on any atom is 0.323 e. The Hall–Kier alpha value is -2.73. The Bertz CT molecular complexity index is 823. The van der Waals surface area contributed by atoms with Crippen LogP contribution >= 0.6 is 11.6 Å². The summed E-state index contributed by atoms with van der Waals surface area (Å²) in [6, 6.07) is 9.90. The number of amides is 3. The van der Waals surface area contributed by atoms with Crippen molar-refractivity contribution < 1.29 is 14.3 Å². The number of rotatable bonds is 3. The minimum absolute atomic E-state index is 0.0373. The molecule has 0 unspecified atom stereocenters. The first-order valence-electron chi connectivity index (χ1n) is 7.29. The number of hydrogen-bond donors (Lipinski definition) is 2. The zero-order valence-corrected chi connectivity index (χ0v) is 14.0. The third-order valence-electron chi connectivity index (χ3n) is 3.82. The molecular formula is C17H16ClN3O3. The molecule has 1 aliphatic heterocycles. The van der Waals surface area contributed by atoms with Gasteiger partial charge in [-0.3, -0.25) is 4.79 Å². The van der Waals surface area contributed by atoms with Crippen LogP contribution in [0, 0.1) is 0 Å². The van der Waals surface area contributed by atoms with Crippen LogP contribution in [0.15, 0.2) is 36.4 Å². The van der Waals surface area contributed by atoms with Crippen LogP contribution in [-0.2, 0) is 11.2 Å². The maximum atomic E-state index is 12.2. The van der Waals surface area contributed by atoms with Gasteiger partial charge in [-0.15, -0.1) is 0 Å². The van der Waals surface area contributed by atoms with E-state index in [1.807, 2.05) is 6.07 Å². The van der Waals surface area contributed by atoms with Crippen LogP contribution in [0.5, 0.6) is 5.75 Å². The molecule has 3 rings (SSSR count). The fraction of sp³-hybridized carbons (Fsp3) is 0.176. The van der Waals surface area contributed by atoms with E-state index in [2.05, 4.69) is 10.6 Å². The second-order valence-corrected chi connectivity index (χ2v) is 5.83. The van der Waals surface area contributed by atoms with E-state index >= 15 is 0 Å². The summed E-state index contributed by atoms with van der Waals surface area (Å²) >= 11 is 5.94. The van der Waals surface area contributed by atoms with Crippen molar-refractivity contribution >= 4 is 40.6 Å². The van der Waals surface area contributed by atoms with Crippen molar-refractivity contribution in [2.45, 2.75) is 6.42 Å². The van der Waals surface area contributed by atoms with Crippen molar-refractivity contribution in [1.29, 1.82) is 0 Å². The number of likely N-dealkylation sites (N-methyl/N-ethyl adjacent to an activating group) is 1. The van der Waals surface area contributed by atoms with Gasteiger partial charge < -0.3 is 20.3 Å². The number of halogens is 1. The highest BCUT2D eigenvalue weighted by Gasteiger charge is 2.24. The number of methoxy groups -OCH3 is 1. The van der Waals surface area contributed by atoms with E-state index in [1.165, 1.54) is 7.11 Å². The highest BCUT2D eigenvalue weighted by Crippen LogP contribution is 2.31. The molecule has 6 nitrogen and oxygen atoms in total. The quantitative estimate of drug-likeness (QED) is 0.894. The minimum atomic E-state index is -0.423. The van der Waals surface area contributed by atoms with Gasteiger partial charge in [-0.05, 0) is 42.0 Å². The number of anilines is 3. The van der Waals surface area contributed by atoms with Crippen molar-refractivity contribution in [3.05, 3.63) is 47.0 Å². The van der Waals surface area contributed by atoms with Crippen LogP contribution in [0.1, 0.15) is 5.56 Å². The molecule has 0 radical (unpaired) electrons. The van der Waals surface area contributed by atoms with Crippen molar-refractivity contribution in [2.75, 3.05) is 29.7 Å². The van der Waals surface area contributed by atoms with Gasteiger partial charge in [0.15, 0.2) is 0 Å². The molecule has 0 aliphatic carbocycles. The molecule has 0 bridgehead atoms. The van der Waals surface area contributed by atoms with Gasteiger partial charge >= 0.3 is 6.03 Å². The maximum absolute atomic E-state index is 12.2. The van der Waals surface area contributed by atoms with Gasteiger partial charge in [0.2, 0.25) is 5.91 Å². The van der Waals surface area contributed by atoms with Crippen molar-refractivity contribution in [3.63, 3.8) is 0 Å². The van der Waals surface area contributed by atoms with Crippen LogP contribution in [0.3, 0.4) is 0 Å². The molecule has 2 aromatic rings. The predicted octanol–water partition coefficient (Wildman–Crippen LogP) is 3.51. The molecule has 1 aliphatic rings. The molecule has 2 aromatic carbocycles. The van der Waals surface area contributed by atoms with Gasteiger partial charge in [0.1, 0.15) is 5.75 Å². The zero-order chi connectivity index (χ0) is 17.3. The fourth-order valence-electron chi connectivity index (χ4n) is 2.61. The zero-order valence-electron chi connectivity index (χ0n) is 13.2. The number of nitrogens with one attached hydrogen (secondary N) is 2. The summed E-state index contributed by atoms with van der Waals surface area (Å²) in [6.07, 6.45) is 0.338.